The first kappa shape index (κ1) is 9.59. The molecule has 14 heavy (non-hydrogen) atoms. The molecule has 1 aliphatic rings. The molecule has 0 amide bonds. The number of fused-ring (bicyclic) bond motifs is 1. The fraction of sp³-hybridized carbons (Fsp3) is 0.182. The maximum atomic E-state index is 13.4. The third-order valence-corrected chi connectivity index (χ3v) is 3.18. The van der Waals surface area contributed by atoms with E-state index in [1.54, 1.807) is 19.1 Å². The molecule has 0 fully saturated rings. The van der Waals surface area contributed by atoms with E-state index in [-0.39, 0.29) is 11.3 Å². The van der Waals surface area contributed by atoms with E-state index in [0.717, 1.165) is 10.0 Å². The minimum Gasteiger partial charge on any atom is -0.289 e. The van der Waals surface area contributed by atoms with E-state index < -0.39 is 5.82 Å². The number of hydrogen-bond donors (Lipinski definition) is 0. The quantitative estimate of drug-likeness (QED) is 0.650. The predicted octanol–water partition coefficient (Wildman–Crippen LogP) is 3.27. The summed E-state index contributed by atoms with van der Waals surface area (Å²) in [6.07, 6.45) is 2.28. The van der Waals surface area contributed by atoms with E-state index in [1.807, 2.05) is 0 Å². The van der Waals surface area contributed by atoms with Gasteiger partial charge in [0.2, 0.25) is 0 Å². The molecule has 0 spiro atoms. The third kappa shape index (κ3) is 1.23. The van der Waals surface area contributed by atoms with Gasteiger partial charge in [-0.1, -0.05) is 22.0 Å². The van der Waals surface area contributed by atoms with E-state index in [2.05, 4.69) is 15.9 Å². The van der Waals surface area contributed by atoms with Crippen molar-refractivity contribution in [1.82, 2.24) is 0 Å². The van der Waals surface area contributed by atoms with Gasteiger partial charge in [-0.3, -0.25) is 4.79 Å². The summed E-state index contributed by atoms with van der Waals surface area (Å²) >= 11 is 3.32. The van der Waals surface area contributed by atoms with Gasteiger partial charge < -0.3 is 0 Å². The first-order valence-corrected chi connectivity index (χ1v) is 5.11. The van der Waals surface area contributed by atoms with E-state index in [0.29, 0.717) is 12.0 Å². The number of carbonyl (C=O) groups is 1. The monoisotopic (exact) mass is 254 g/mol. The molecule has 1 aromatic carbocycles. The Bertz CT molecular complexity index is 449. The molecule has 0 N–H and O–H groups in total. The Hall–Kier alpha value is -0.960. The average Bonchev–Trinajstić information content (AvgIpc) is 2.51. The molecule has 1 aliphatic carbocycles. The molecule has 0 saturated heterocycles. The zero-order valence-corrected chi connectivity index (χ0v) is 9.19. The Morgan fingerprint density at radius 2 is 2.21 bits per heavy atom. The van der Waals surface area contributed by atoms with Crippen molar-refractivity contribution >= 4 is 21.7 Å². The number of ketones is 1. The van der Waals surface area contributed by atoms with Gasteiger partial charge in [0.15, 0.2) is 5.78 Å². The van der Waals surface area contributed by atoms with Crippen LogP contribution in [-0.4, -0.2) is 5.78 Å². The number of Topliss-reactive ketones (excluding diaryl/α,β-unsaturated/α-hetero) is 1. The SMILES string of the molecule is C/C=C1\Cc2c(Br)ccc(F)c2C1=O. The Morgan fingerprint density at radius 3 is 2.79 bits per heavy atom. The van der Waals surface area contributed by atoms with Gasteiger partial charge in [-0.2, -0.15) is 0 Å². The van der Waals surface area contributed by atoms with Gasteiger partial charge in [-0.25, -0.2) is 4.39 Å². The van der Waals surface area contributed by atoms with Crippen LogP contribution in [0.1, 0.15) is 22.8 Å². The highest BCUT2D eigenvalue weighted by molar-refractivity contribution is 9.10. The lowest BCUT2D eigenvalue weighted by molar-refractivity contribution is 0.103. The van der Waals surface area contributed by atoms with Crippen molar-refractivity contribution < 1.29 is 9.18 Å². The highest BCUT2D eigenvalue weighted by Crippen LogP contribution is 2.33. The fourth-order valence-corrected chi connectivity index (χ4v) is 2.15. The normalized spacial score (nSPS) is 17.6. The number of benzene rings is 1. The van der Waals surface area contributed by atoms with Crippen LogP contribution in [-0.2, 0) is 6.42 Å². The lowest BCUT2D eigenvalue weighted by atomic mass is 10.1. The van der Waals surface area contributed by atoms with Crippen molar-refractivity contribution in [3.05, 3.63) is 45.2 Å². The van der Waals surface area contributed by atoms with Gasteiger partial charge in [0, 0.05) is 16.5 Å². The molecule has 0 unspecified atom stereocenters. The molecule has 72 valence electrons. The zero-order valence-electron chi connectivity index (χ0n) is 7.60. The van der Waals surface area contributed by atoms with Gasteiger partial charge in [0.25, 0.3) is 0 Å². The molecule has 0 aliphatic heterocycles. The minimum absolute atomic E-state index is 0.179. The predicted molar refractivity (Wildman–Crippen MR) is 55.9 cm³/mol. The van der Waals surface area contributed by atoms with Crippen molar-refractivity contribution in [2.45, 2.75) is 13.3 Å². The summed E-state index contributed by atoms with van der Waals surface area (Å²) in [4.78, 5) is 11.7. The van der Waals surface area contributed by atoms with Crippen molar-refractivity contribution in [2.75, 3.05) is 0 Å². The van der Waals surface area contributed by atoms with Crippen LogP contribution in [0.5, 0.6) is 0 Å². The Morgan fingerprint density at radius 1 is 1.50 bits per heavy atom. The van der Waals surface area contributed by atoms with Crippen molar-refractivity contribution in [3.8, 4) is 0 Å². The summed E-state index contributed by atoms with van der Waals surface area (Å²) < 4.78 is 14.2. The maximum Gasteiger partial charge on any atom is 0.192 e. The molecule has 0 atom stereocenters. The van der Waals surface area contributed by atoms with Crippen molar-refractivity contribution in [3.63, 3.8) is 0 Å². The molecule has 0 radical (unpaired) electrons. The standard InChI is InChI=1S/C11H8BrFO/c1-2-6-5-7-8(12)3-4-9(13)10(7)11(6)14/h2-4H,5H2,1H3/b6-2+. The highest BCUT2D eigenvalue weighted by Gasteiger charge is 2.29. The van der Waals surface area contributed by atoms with Gasteiger partial charge >= 0.3 is 0 Å². The van der Waals surface area contributed by atoms with Crippen LogP contribution in [0.25, 0.3) is 0 Å². The highest BCUT2D eigenvalue weighted by atomic mass is 79.9. The molecular formula is C11H8BrFO. The summed E-state index contributed by atoms with van der Waals surface area (Å²) in [5.74, 6) is -0.605. The van der Waals surface area contributed by atoms with Crippen LogP contribution in [0.4, 0.5) is 4.39 Å². The van der Waals surface area contributed by atoms with Crippen molar-refractivity contribution in [1.29, 1.82) is 0 Å². The summed E-state index contributed by atoms with van der Waals surface area (Å²) in [6, 6.07) is 2.96. The summed E-state index contributed by atoms with van der Waals surface area (Å²) in [5.41, 5.74) is 1.67. The van der Waals surface area contributed by atoms with Crippen LogP contribution in [0.2, 0.25) is 0 Å². The van der Waals surface area contributed by atoms with Gasteiger partial charge in [-0.15, -0.1) is 0 Å². The molecule has 0 saturated carbocycles. The maximum absolute atomic E-state index is 13.4. The molecule has 1 aromatic rings. The Labute approximate surface area is 89.8 Å². The first-order chi connectivity index (χ1) is 6.65. The van der Waals surface area contributed by atoms with Gasteiger partial charge in [0.05, 0.1) is 5.56 Å². The summed E-state index contributed by atoms with van der Waals surface area (Å²) in [7, 11) is 0. The number of halogens is 2. The molecule has 0 aromatic heterocycles. The van der Waals surface area contributed by atoms with Crippen LogP contribution in [0.3, 0.4) is 0 Å². The topological polar surface area (TPSA) is 17.1 Å². The second kappa shape index (κ2) is 3.31. The second-order valence-corrected chi connectivity index (χ2v) is 4.06. The zero-order chi connectivity index (χ0) is 10.3. The molecule has 3 heteroatoms. The minimum atomic E-state index is -0.426. The summed E-state index contributed by atoms with van der Waals surface area (Å²) in [6.45, 7) is 1.80. The number of allylic oxidation sites excluding steroid dienone is 2. The number of hydrogen-bond acceptors (Lipinski definition) is 1. The second-order valence-electron chi connectivity index (χ2n) is 3.20. The lowest BCUT2D eigenvalue weighted by Gasteiger charge is -2.00. The van der Waals surface area contributed by atoms with Gasteiger partial charge in [0.1, 0.15) is 5.82 Å². The fourth-order valence-electron chi connectivity index (χ4n) is 1.68. The van der Waals surface area contributed by atoms with E-state index >= 15 is 0 Å². The third-order valence-electron chi connectivity index (χ3n) is 2.44. The van der Waals surface area contributed by atoms with Crippen LogP contribution < -0.4 is 0 Å². The molecular weight excluding hydrogens is 247 g/mol. The smallest absolute Gasteiger partial charge is 0.192 e. The molecule has 2 rings (SSSR count). The molecule has 0 heterocycles. The Balaban J connectivity index is 2.70. The van der Waals surface area contributed by atoms with E-state index in [1.165, 1.54) is 6.07 Å². The van der Waals surface area contributed by atoms with Crippen LogP contribution in [0.15, 0.2) is 28.3 Å². The lowest BCUT2D eigenvalue weighted by Crippen LogP contribution is -1.98. The van der Waals surface area contributed by atoms with E-state index in [9.17, 15) is 9.18 Å². The van der Waals surface area contributed by atoms with Crippen LogP contribution in [0, 0.1) is 5.82 Å². The Kier molecular flexibility index (Phi) is 2.27. The largest absolute Gasteiger partial charge is 0.289 e. The average molecular weight is 255 g/mol. The van der Waals surface area contributed by atoms with E-state index in [4.69, 9.17) is 0 Å². The molecule has 1 nitrogen and oxygen atoms in total. The molecule has 0 bridgehead atoms. The summed E-state index contributed by atoms with van der Waals surface area (Å²) in [5, 5.41) is 0. The van der Waals surface area contributed by atoms with Gasteiger partial charge in [-0.05, 0) is 24.6 Å². The van der Waals surface area contributed by atoms with Crippen LogP contribution >= 0.6 is 15.9 Å². The first-order valence-electron chi connectivity index (χ1n) is 4.32. The number of carbonyl (C=O) groups excluding carboxylic acids is 1. The number of rotatable bonds is 0. The van der Waals surface area contributed by atoms with Crippen molar-refractivity contribution in [2.24, 2.45) is 0 Å².